The Morgan fingerprint density at radius 3 is 2.84 bits per heavy atom. The number of benzene rings is 2. The molecule has 0 saturated heterocycles. The number of nitrogens with one attached hydrogen (secondary N) is 1. The van der Waals surface area contributed by atoms with E-state index < -0.39 is 4.92 Å². The maximum Gasteiger partial charge on any atom is 0.389 e. The van der Waals surface area contributed by atoms with E-state index in [-0.39, 0.29) is 5.82 Å². The predicted molar refractivity (Wildman–Crippen MR) is 120 cm³/mol. The molecule has 0 spiro atoms. The van der Waals surface area contributed by atoms with Gasteiger partial charge in [-0.05, 0) is 28.7 Å². The predicted octanol–water partition coefficient (Wildman–Crippen LogP) is 4.42. The van der Waals surface area contributed by atoms with Gasteiger partial charge < -0.3 is 14.9 Å². The lowest BCUT2D eigenvalue weighted by Gasteiger charge is -2.08. The molecule has 2 heterocycles. The highest BCUT2D eigenvalue weighted by atomic mass is 32.1. The molecule has 0 radical (unpaired) electrons. The SMILES string of the molecule is COc1ccc(C=NNc2nc(-c3ccccc3)cs2)cc1Cn1ccc([N+](=O)[O-])n1. The zero-order valence-electron chi connectivity index (χ0n) is 16.5. The van der Waals surface area contributed by atoms with Crippen molar-refractivity contribution in [2.45, 2.75) is 6.54 Å². The first-order valence-electron chi connectivity index (χ1n) is 9.27. The standard InChI is InChI=1S/C21H18N6O3S/c1-30-19-8-7-15(11-17(19)13-26-10-9-20(25-26)27(28)29)12-22-24-21-23-18(14-31-21)16-5-3-2-4-6-16/h2-12,14H,13H2,1H3,(H,23,24). The summed E-state index contributed by atoms with van der Waals surface area (Å²) in [5.74, 6) is 0.467. The van der Waals surface area contributed by atoms with Gasteiger partial charge in [-0.15, -0.1) is 11.3 Å². The summed E-state index contributed by atoms with van der Waals surface area (Å²) in [5, 5.41) is 21.7. The second-order valence-electron chi connectivity index (χ2n) is 6.47. The highest BCUT2D eigenvalue weighted by molar-refractivity contribution is 7.14. The Balaban J connectivity index is 1.46. The van der Waals surface area contributed by atoms with E-state index in [1.165, 1.54) is 22.1 Å². The zero-order chi connectivity index (χ0) is 21.6. The number of rotatable bonds is 8. The molecule has 0 bridgehead atoms. The number of ether oxygens (including phenoxy) is 1. The van der Waals surface area contributed by atoms with Crippen LogP contribution in [0.3, 0.4) is 0 Å². The van der Waals surface area contributed by atoms with Crippen LogP contribution in [0.15, 0.2) is 71.3 Å². The van der Waals surface area contributed by atoms with E-state index in [4.69, 9.17) is 4.74 Å². The van der Waals surface area contributed by atoms with Crippen LogP contribution in [-0.4, -0.2) is 33.0 Å². The van der Waals surface area contributed by atoms with Crippen LogP contribution in [0.2, 0.25) is 0 Å². The Bertz CT molecular complexity index is 1220. The summed E-state index contributed by atoms with van der Waals surface area (Å²) in [6, 6.07) is 16.9. The van der Waals surface area contributed by atoms with Crippen LogP contribution in [0.4, 0.5) is 10.9 Å². The maximum absolute atomic E-state index is 10.8. The van der Waals surface area contributed by atoms with Gasteiger partial charge in [-0.25, -0.2) is 4.98 Å². The number of nitro groups is 1. The van der Waals surface area contributed by atoms with Crippen molar-refractivity contribution < 1.29 is 9.66 Å². The molecule has 0 amide bonds. The van der Waals surface area contributed by atoms with Crippen LogP contribution in [0.5, 0.6) is 5.75 Å². The van der Waals surface area contributed by atoms with Gasteiger partial charge in [0.15, 0.2) is 0 Å². The number of aromatic nitrogens is 3. The van der Waals surface area contributed by atoms with Gasteiger partial charge in [0.2, 0.25) is 5.13 Å². The van der Waals surface area contributed by atoms with Gasteiger partial charge in [0.1, 0.15) is 5.75 Å². The first-order chi connectivity index (χ1) is 15.1. The molecule has 0 aliphatic rings. The first kappa shape index (κ1) is 20.2. The molecule has 0 aliphatic carbocycles. The monoisotopic (exact) mass is 434 g/mol. The fourth-order valence-corrected chi connectivity index (χ4v) is 3.61. The van der Waals surface area contributed by atoms with E-state index in [1.54, 1.807) is 19.5 Å². The lowest BCUT2D eigenvalue weighted by Crippen LogP contribution is -2.04. The minimum atomic E-state index is -0.524. The number of nitrogens with zero attached hydrogens (tertiary/aromatic N) is 5. The quantitative estimate of drug-likeness (QED) is 0.250. The third kappa shape index (κ3) is 4.93. The Kier molecular flexibility index (Phi) is 5.99. The summed E-state index contributed by atoms with van der Waals surface area (Å²) in [6.45, 7) is 0.332. The van der Waals surface area contributed by atoms with Crippen molar-refractivity contribution in [3.05, 3.63) is 87.4 Å². The molecule has 4 rings (SSSR count). The summed E-state index contributed by atoms with van der Waals surface area (Å²) in [6.07, 6.45) is 3.24. The molecular weight excluding hydrogens is 416 g/mol. The molecule has 10 heteroatoms. The van der Waals surface area contributed by atoms with E-state index in [0.717, 1.165) is 22.4 Å². The van der Waals surface area contributed by atoms with Crippen molar-refractivity contribution in [1.29, 1.82) is 0 Å². The topological polar surface area (TPSA) is 107 Å². The molecule has 156 valence electrons. The average molecular weight is 434 g/mol. The van der Waals surface area contributed by atoms with Crippen molar-refractivity contribution in [3.63, 3.8) is 0 Å². The normalized spacial score (nSPS) is 11.0. The number of hydrogen-bond acceptors (Lipinski definition) is 8. The molecule has 0 saturated carbocycles. The van der Waals surface area contributed by atoms with Gasteiger partial charge in [0.05, 0.1) is 42.9 Å². The number of methoxy groups -OCH3 is 1. The van der Waals surface area contributed by atoms with Gasteiger partial charge in [-0.3, -0.25) is 5.43 Å². The Hall–Kier alpha value is -4.05. The summed E-state index contributed by atoms with van der Waals surface area (Å²) >= 11 is 1.47. The van der Waals surface area contributed by atoms with Crippen molar-refractivity contribution in [2.75, 3.05) is 12.5 Å². The van der Waals surface area contributed by atoms with Crippen molar-refractivity contribution in [1.82, 2.24) is 14.8 Å². The van der Waals surface area contributed by atoms with Crippen LogP contribution in [0.1, 0.15) is 11.1 Å². The number of hydrogen-bond donors (Lipinski definition) is 1. The lowest BCUT2D eigenvalue weighted by molar-refractivity contribution is -0.389. The second kappa shape index (κ2) is 9.18. The summed E-state index contributed by atoms with van der Waals surface area (Å²) < 4.78 is 6.90. The van der Waals surface area contributed by atoms with Crippen molar-refractivity contribution >= 4 is 28.5 Å². The van der Waals surface area contributed by atoms with Crippen LogP contribution in [-0.2, 0) is 6.54 Å². The largest absolute Gasteiger partial charge is 0.496 e. The van der Waals surface area contributed by atoms with Crippen molar-refractivity contribution in [2.24, 2.45) is 5.10 Å². The minimum Gasteiger partial charge on any atom is -0.496 e. The molecular formula is C21H18N6O3S. The van der Waals surface area contributed by atoms with Gasteiger partial charge >= 0.3 is 5.82 Å². The fraction of sp³-hybridized carbons (Fsp3) is 0.0952. The summed E-state index contributed by atoms with van der Waals surface area (Å²) in [5.41, 5.74) is 6.55. The van der Waals surface area contributed by atoms with Gasteiger partial charge in [0, 0.05) is 16.5 Å². The van der Waals surface area contributed by atoms with E-state index in [2.05, 4.69) is 20.6 Å². The molecule has 2 aromatic carbocycles. The van der Waals surface area contributed by atoms with Gasteiger partial charge in [-0.1, -0.05) is 30.3 Å². The third-order valence-corrected chi connectivity index (χ3v) is 5.14. The Labute approximate surface area is 181 Å². The van der Waals surface area contributed by atoms with Crippen LogP contribution >= 0.6 is 11.3 Å². The molecule has 0 atom stereocenters. The molecule has 0 unspecified atom stereocenters. The van der Waals surface area contributed by atoms with E-state index in [9.17, 15) is 10.1 Å². The Morgan fingerprint density at radius 2 is 2.10 bits per heavy atom. The smallest absolute Gasteiger partial charge is 0.389 e. The molecule has 1 N–H and O–H groups in total. The fourth-order valence-electron chi connectivity index (χ4n) is 2.94. The average Bonchev–Trinajstić information content (AvgIpc) is 3.45. The Morgan fingerprint density at radius 1 is 1.26 bits per heavy atom. The van der Waals surface area contributed by atoms with Crippen molar-refractivity contribution in [3.8, 4) is 17.0 Å². The maximum atomic E-state index is 10.8. The molecule has 0 aliphatic heterocycles. The first-order valence-corrected chi connectivity index (χ1v) is 10.1. The highest BCUT2D eigenvalue weighted by Gasteiger charge is 2.13. The molecule has 4 aromatic rings. The zero-order valence-corrected chi connectivity index (χ0v) is 17.3. The molecule has 0 fully saturated rings. The molecule has 9 nitrogen and oxygen atoms in total. The van der Waals surface area contributed by atoms with Crippen LogP contribution in [0, 0.1) is 10.1 Å². The van der Waals surface area contributed by atoms with E-state index in [0.29, 0.717) is 17.4 Å². The number of hydrazone groups is 1. The third-order valence-electron chi connectivity index (χ3n) is 4.40. The molecule has 2 aromatic heterocycles. The highest BCUT2D eigenvalue weighted by Crippen LogP contribution is 2.25. The van der Waals surface area contributed by atoms with Gasteiger partial charge in [0.25, 0.3) is 0 Å². The van der Waals surface area contributed by atoms with Gasteiger partial charge in [-0.2, -0.15) is 9.78 Å². The molecule has 31 heavy (non-hydrogen) atoms. The summed E-state index contributed by atoms with van der Waals surface area (Å²) in [7, 11) is 1.58. The summed E-state index contributed by atoms with van der Waals surface area (Å²) in [4.78, 5) is 14.9. The second-order valence-corrected chi connectivity index (χ2v) is 7.33. The number of thiazole rings is 1. The van der Waals surface area contributed by atoms with Crippen LogP contribution < -0.4 is 10.2 Å². The van der Waals surface area contributed by atoms with Crippen LogP contribution in [0.25, 0.3) is 11.3 Å². The lowest BCUT2D eigenvalue weighted by atomic mass is 10.1. The van der Waals surface area contributed by atoms with E-state index in [1.807, 2.05) is 53.9 Å². The number of anilines is 1. The van der Waals surface area contributed by atoms with E-state index >= 15 is 0 Å². The minimum absolute atomic E-state index is 0.195.